The number of anilines is 1. The summed E-state index contributed by atoms with van der Waals surface area (Å²) in [5.41, 5.74) is 3.15. The fraction of sp³-hybridized carbons (Fsp3) is 0.600. The van der Waals surface area contributed by atoms with E-state index in [0.29, 0.717) is 12.0 Å². The highest BCUT2D eigenvalue weighted by Gasteiger charge is 2.64. The van der Waals surface area contributed by atoms with Crippen LogP contribution in [0.3, 0.4) is 0 Å². The topological polar surface area (TPSA) is 202 Å². The number of nitrogens with two attached hydrogens (primary N) is 1. The van der Waals surface area contributed by atoms with Gasteiger partial charge < -0.3 is 36.2 Å². The van der Waals surface area contributed by atoms with Crippen LogP contribution in [0.4, 0.5) is 5.69 Å². The summed E-state index contributed by atoms with van der Waals surface area (Å²) in [4.78, 5) is 52.2. The summed E-state index contributed by atoms with van der Waals surface area (Å²) in [6, 6.07) is 2.01. The number of carbonyl (C=O) groups excluding carboxylic acids is 3. The lowest BCUT2D eigenvalue weighted by atomic mass is 9.57. The maximum Gasteiger partial charge on any atom is 0.303 e. The molecule has 0 aliphatic heterocycles. The van der Waals surface area contributed by atoms with Crippen molar-refractivity contribution in [2.45, 2.75) is 95.6 Å². The van der Waals surface area contributed by atoms with Crippen molar-refractivity contribution in [1.82, 2.24) is 4.90 Å². The van der Waals surface area contributed by atoms with Gasteiger partial charge in [0.1, 0.15) is 22.8 Å². The molecule has 0 aromatic heterocycles. The molecule has 0 radical (unpaired) electrons. The Morgan fingerprint density at radius 1 is 0.936 bits per heavy atom. The highest BCUT2D eigenvalue weighted by molar-refractivity contribution is 6.24. The molecule has 3 aliphatic rings. The number of nitrogens with zero attached hydrogens (tertiary/aromatic N) is 2. The van der Waals surface area contributed by atoms with Crippen molar-refractivity contribution in [3.8, 4) is 5.75 Å². The molecule has 4 rings (SSSR count). The highest BCUT2D eigenvalue weighted by Crippen LogP contribution is 2.53. The first-order valence-corrected chi connectivity index (χ1v) is 16.5. The number of aromatic hydroxyl groups is 1. The number of phenolic OH excluding ortho intramolecular Hbond substituents is 1. The summed E-state index contributed by atoms with van der Waals surface area (Å²) in [5, 5.41) is 52.3. The van der Waals surface area contributed by atoms with Gasteiger partial charge >= 0.3 is 5.97 Å². The van der Waals surface area contributed by atoms with Crippen LogP contribution in [-0.2, 0) is 25.6 Å². The van der Waals surface area contributed by atoms with Crippen molar-refractivity contribution in [2.75, 3.05) is 33.1 Å². The number of carbonyl (C=O) groups is 4. The lowest BCUT2D eigenvalue weighted by molar-refractivity contribution is -0.153. The quantitative estimate of drug-likeness (QED) is 0.132. The summed E-state index contributed by atoms with van der Waals surface area (Å²) < 4.78 is 0. The van der Waals surface area contributed by atoms with Crippen LogP contribution in [0.2, 0.25) is 0 Å². The van der Waals surface area contributed by atoms with Crippen molar-refractivity contribution in [3.05, 3.63) is 40.2 Å². The SMILES string of the molecule is CCCCCCCCCCCC(=O)O.CN(C)c1ccc(O)c2c1C[C@H]1C[C@@H]3[C@H](N(C)C)C(=O)C(C(N)=O)=C(O)[C@@]3(O)C(=O)C1=C2O. The van der Waals surface area contributed by atoms with Crippen LogP contribution in [0.15, 0.2) is 29.0 Å². The second-order valence-corrected chi connectivity index (χ2v) is 13.3. The van der Waals surface area contributed by atoms with Crippen LogP contribution >= 0.6 is 0 Å². The Labute approximate surface area is 276 Å². The molecule has 0 bridgehead atoms. The van der Waals surface area contributed by atoms with Gasteiger partial charge in [0, 0.05) is 37.7 Å². The first-order chi connectivity index (χ1) is 22.1. The Morgan fingerprint density at radius 3 is 2.02 bits per heavy atom. The predicted octanol–water partition coefficient (Wildman–Crippen LogP) is 4.02. The van der Waals surface area contributed by atoms with E-state index in [1.54, 1.807) is 20.2 Å². The van der Waals surface area contributed by atoms with E-state index in [0.717, 1.165) is 18.5 Å². The summed E-state index contributed by atoms with van der Waals surface area (Å²) in [6.07, 6.45) is 11.8. The van der Waals surface area contributed by atoms with Crippen molar-refractivity contribution in [3.63, 3.8) is 0 Å². The van der Waals surface area contributed by atoms with E-state index in [2.05, 4.69) is 6.92 Å². The number of aliphatic hydroxyl groups is 3. The lowest BCUT2D eigenvalue weighted by Crippen LogP contribution is -2.65. The number of fused-ring (bicyclic) bond motifs is 3. The minimum Gasteiger partial charge on any atom is -0.508 e. The molecule has 0 saturated heterocycles. The minimum atomic E-state index is -2.63. The molecule has 1 aromatic carbocycles. The van der Waals surface area contributed by atoms with Crippen molar-refractivity contribution >= 4 is 34.9 Å². The van der Waals surface area contributed by atoms with Gasteiger partial charge in [-0.2, -0.15) is 0 Å². The normalized spacial score (nSPS) is 23.5. The number of hydrogen-bond acceptors (Lipinski definition) is 10. The molecule has 1 saturated carbocycles. The number of unbranched alkanes of at least 4 members (excludes halogenated alkanes) is 8. The summed E-state index contributed by atoms with van der Waals surface area (Å²) in [6.45, 7) is 2.23. The monoisotopic (exact) mass is 657 g/mol. The Kier molecular flexibility index (Phi) is 12.6. The Bertz CT molecular complexity index is 1430. The number of benzene rings is 1. The van der Waals surface area contributed by atoms with E-state index >= 15 is 0 Å². The van der Waals surface area contributed by atoms with E-state index in [1.807, 2.05) is 19.0 Å². The van der Waals surface area contributed by atoms with Gasteiger partial charge in [-0.1, -0.05) is 58.3 Å². The van der Waals surface area contributed by atoms with Crippen molar-refractivity contribution in [2.24, 2.45) is 17.6 Å². The molecule has 47 heavy (non-hydrogen) atoms. The number of ketones is 2. The zero-order valence-corrected chi connectivity index (χ0v) is 28.2. The Morgan fingerprint density at radius 2 is 1.51 bits per heavy atom. The van der Waals surface area contributed by atoms with Crippen molar-refractivity contribution in [1.29, 1.82) is 0 Å². The number of primary amides is 1. The average molecular weight is 658 g/mol. The largest absolute Gasteiger partial charge is 0.508 e. The molecule has 12 nitrogen and oxygen atoms in total. The van der Waals surface area contributed by atoms with Gasteiger partial charge in [-0.05, 0) is 57.0 Å². The Balaban J connectivity index is 0.000000363. The van der Waals surface area contributed by atoms with Crippen LogP contribution in [0.1, 0.15) is 88.7 Å². The van der Waals surface area contributed by atoms with Gasteiger partial charge in [0.2, 0.25) is 5.78 Å². The van der Waals surface area contributed by atoms with Crippen LogP contribution in [-0.4, -0.2) is 93.7 Å². The molecule has 0 unspecified atom stereocenters. The fourth-order valence-corrected chi connectivity index (χ4v) is 7.23. The maximum absolute atomic E-state index is 13.7. The smallest absolute Gasteiger partial charge is 0.303 e. The number of carboxylic acid groups (broad SMARTS) is 1. The standard InChI is InChI=1S/C23H27N3O7.C12H24O2/c1-25(2)12-5-6-13(27)15-10(12)7-9-8-11-17(26(3)4)19(29)16(22(24)32)21(31)23(11,33)20(30)14(9)18(15)28;1-2-3-4-5-6-7-8-9-10-11-12(13)14/h5-6,9,11,17,27-28,31,33H,7-8H2,1-4H3,(H2,24,32);2-11H2,1H3,(H,13,14)/t9-,11+,17-,23-;/m0./s1. The van der Waals surface area contributed by atoms with E-state index < -0.39 is 64.0 Å². The first kappa shape index (κ1) is 37.6. The molecule has 3 aliphatic carbocycles. The second kappa shape index (κ2) is 15.8. The van der Waals surface area contributed by atoms with E-state index in [-0.39, 0.29) is 29.7 Å². The number of aliphatic carboxylic acids is 1. The third-order valence-corrected chi connectivity index (χ3v) is 9.56. The number of likely N-dealkylation sites (N-methyl/N-ethyl adjacent to an activating group) is 1. The molecular formula is C35H51N3O9. The molecule has 1 fully saturated rings. The molecule has 0 heterocycles. The Hall–Kier alpha value is -3.90. The second-order valence-electron chi connectivity index (χ2n) is 13.3. The van der Waals surface area contributed by atoms with Gasteiger partial charge in [0.05, 0.1) is 11.6 Å². The van der Waals surface area contributed by atoms with E-state index in [9.17, 15) is 39.6 Å². The number of rotatable bonds is 13. The molecule has 1 amide bonds. The summed E-state index contributed by atoms with van der Waals surface area (Å²) >= 11 is 0. The van der Waals surface area contributed by atoms with Gasteiger partial charge in [-0.3, -0.25) is 24.1 Å². The predicted molar refractivity (Wildman–Crippen MR) is 178 cm³/mol. The van der Waals surface area contributed by atoms with Gasteiger partial charge in [0.25, 0.3) is 5.91 Å². The molecule has 7 N–H and O–H groups in total. The molecule has 260 valence electrons. The molecule has 12 heteroatoms. The van der Waals surface area contributed by atoms with E-state index in [1.165, 1.54) is 55.9 Å². The minimum absolute atomic E-state index is 0.0638. The van der Waals surface area contributed by atoms with Gasteiger partial charge in [-0.15, -0.1) is 0 Å². The van der Waals surface area contributed by atoms with Crippen LogP contribution in [0.5, 0.6) is 5.75 Å². The average Bonchev–Trinajstić information content (AvgIpc) is 2.98. The zero-order chi connectivity index (χ0) is 35.2. The van der Waals surface area contributed by atoms with Crippen LogP contribution in [0.25, 0.3) is 5.76 Å². The summed E-state index contributed by atoms with van der Waals surface area (Å²) in [5.74, 6) is -7.20. The third-order valence-electron chi connectivity index (χ3n) is 9.56. The fourth-order valence-electron chi connectivity index (χ4n) is 7.23. The zero-order valence-electron chi connectivity index (χ0n) is 28.2. The number of hydrogen-bond donors (Lipinski definition) is 6. The first-order valence-electron chi connectivity index (χ1n) is 16.5. The van der Waals surface area contributed by atoms with Crippen LogP contribution in [0, 0.1) is 11.8 Å². The number of carboxylic acids is 1. The van der Waals surface area contributed by atoms with Gasteiger partial charge in [0.15, 0.2) is 11.4 Å². The van der Waals surface area contributed by atoms with E-state index in [4.69, 9.17) is 10.8 Å². The molecule has 4 atom stereocenters. The number of aliphatic hydroxyl groups excluding tert-OH is 2. The molecule has 0 spiro atoms. The van der Waals surface area contributed by atoms with Crippen LogP contribution < -0.4 is 10.6 Å². The number of Topliss-reactive ketones (excluding diaryl/α,β-unsaturated/α-hetero) is 2. The maximum atomic E-state index is 13.7. The van der Waals surface area contributed by atoms with Crippen molar-refractivity contribution < 1.29 is 44.7 Å². The third kappa shape index (κ3) is 7.65. The molecule has 1 aromatic rings. The van der Waals surface area contributed by atoms with Gasteiger partial charge in [-0.25, -0.2) is 0 Å². The highest BCUT2D eigenvalue weighted by atomic mass is 16.4. The number of phenols is 1. The molecular weight excluding hydrogens is 606 g/mol. The lowest BCUT2D eigenvalue weighted by Gasteiger charge is -2.50. The summed E-state index contributed by atoms with van der Waals surface area (Å²) in [7, 11) is 6.75. The number of amides is 1.